The second-order valence-electron chi connectivity index (χ2n) is 42.2. The monoisotopic (exact) mass is 1630 g/mol. The van der Waals surface area contributed by atoms with Crippen LogP contribution in [-0.4, -0.2) is 194 Å². The molecule has 0 radical (unpaired) electrons. The third-order valence-electron chi connectivity index (χ3n) is 32.2. The second kappa shape index (κ2) is 35.9. The predicted molar refractivity (Wildman–Crippen MR) is 430 cm³/mol. The Morgan fingerprint density at radius 3 is 1.23 bits per heavy atom. The van der Waals surface area contributed by atoms with Gasteiger partial charge in [-0.25, -0.2) is 0 Å². The van der Waals surface area contributed by atoms with E-state index in [9.17, 15) is 24.9 Å². The van der Waals surface area contributed by atoms with Crippen molar-refractivity contribution in [2.75, 3.05) is 39.6 Å². The highest BCUT2D eigenvalue weighted by Crippen LogP contribution is 2.68. The Labute approximate surface area is 688 Å². The molecule has 0 aromatic carbocycles. The zero-order chi connectivity index (χ0) is 86.4. The van der Waals surface area contributed by atoms with Gasteiger partial charge in [-0.05, 0) is 184 Å². The number of esters is 7. The topological polar surface area (TPSA) is 317 Å². The Morgan fingerprint density at radius 2 is 0.826 bits per heavy atom. The van der Waals surface area contributed by atoms with Crippen LogP contribution in [0.1, 0.15) is 309 Å². The summed E-state index contributed by atoms with van der Waals surface area (Å²) in [6, 6.07) is 0. The molecule has 6 saturated heterocycles. The van der Waals surface area contributed by atoms with Crippen LogP contribution in [0.2, 0.25) is 0 Å². The molecule has 2 aliphatic carbocycles. The van der Waals surface area contributed by atoms with Crippen molar-refractivity contribution in [1.29, 1.82) is 0 Å². The van der Waals surface area contributed by atoms with Crippen molar-refractivity contribution in [3.63, 3.8) is 0 Å². The molecule has 115 heavy (non-hydrogen) atoms. The number of hydrogen-bond donors (Lipinski definition) is 3. The summed E-state index contributed by atoms with van der Waals surface area (Å²) in [6.07, 6.45) is -0.804. The lowest BCUT2D eigenvalue weighted by molar-refractivity contribution is -0.214. The molecule has 8 fully saturated rings. The van der Waals surface area contributed by atoms with Crippen molar-refractivity contribution in [3.8, 4) is 0 Å². The van der Waals surface area contributed by atoms with Gasteiger partial charge in [0.05, 0.1) is 96.2 Å². The number of carboxylic acid groups (broad SMARTS) is 1. The molecule has 0 spiro atoms. The summed E-state index contributed by atoms with van der Waals surface area (Å²) in [7, 11) is 0. The molecule has 0 aromatic heterocycles. The van der Waals surface area contributed by atoms with Gasteiger partial charge in [0.25, 0.3) is 0 Å². The standard InChI is InChI=1S/C91H152O24/c1-28-32-34-36-38-54(6)109-71(94)53(5)43-81(12,13)89(25,76(100)112-60-47-106-65-58(93)45-104-67(60)65)52-83(16,17)90(26,51-82(14,15)86(22,30-3)73(96)97)77(101)113-61-48-107-69-62(49-108-68(61)69)114-78(102)91(27,85(20,21)87(23,31-4)75(99)111-59-46-105-64-57(92)44-103-66(59)64)70(72(95)110-55(7)39-37-35-33-29-2)79(8,9)50-80(10,11)74(98)115-63-42-56-40-41-88(63,24)84(56,18)19/h53-70,92-93H,28-52H2,1-27H3,(H,96,97)/t53?,54?,55?,56?,57-,58-,59+,60+,61-,62+,63?,64+,65+,66+,67+,68-,69-,70?,86?,87?,88?,89?,90?,91?/m0/s1. The SMILES string of the molecule is CCCCCCC(C)OC(=O)C(C)CC(C)(C)C(C)(CC(C)(C)C(C)(CC(C)(C)C(C)(CC)C(=O)O)C(=O)O[C@H]1CO[C@@H]2[C@H]1OC[C@H]2OC(=O)C(C)(C(C(=O)OC(C)CCCCCC)C(C)(C)CC(C)(C)C(=O)OC1CC2CCC1(C)C2(C)C)C(C)(C)C(C)(CC)C(=O)O[C@@H]1CO[C@H]2[C@@H]1OC[C@@H]2O)C(=O)O[C@@H]1CO[C@H]2[C@@H]1OC[C@@H]2O. The van der Waals surface area contributed by atoms with E-state index in [0.717, 1.165) is 70.6 Å². The van der Waals surface area contributed by atoms with Gasteiger partial charge >= 0.3 is 47.8 Å². The van der Waals surface area contributed by atoms with Crippen LogP contribution in [-0.2, 0) is 99.9 Å². The first-order valence-electron chi connectivity index (χ1n) is 43.8. The number of aliphatic hydroxyl groups excluding tert-OH is 2. The van der Waals surface area contributed by atoms with E-state index in [4.69, 9.17) is 61.6 Å². The van der Waals surface area contributed by atoms with Gasteiger partial charge in [-0.2, -0.15) is 0 Å². The van der Waals surface area contributed by atoms with Crippen LogP contribution >= 0.6 is 0 Å². The number of aliphatic hydroxyl groups is 2. The number of aliphatic carboxylic acids is 1. The Morgan fingerprint density at radius 1 is 0.443 bits per heavy atom. The Kier molecular flexibility index (Phi) is 29.9. The van der Waals surface area contributed by atoms with Gasteiger partial charge in [0.15, 0.2) is 24.4 Å². The number of carbonyl (C=O) groups excluding carboxylic acids is 7. The fourth-order valence-corrected chi connectivity index (χ4v) is 21.9. The highest BCUT2D eigenvalue weighted by Gasteiger charge is 2.71. The van der Waals surface area contributed by atoms with Crippen molar-refractivity contribution in [1.82, 2.24) is 0 Å². The van der Waals surface area contributed by atoms with E-state index in [2.05, 4.69) is 34.6 Å². The minimum absolute atomic E-state index is 0.00417. The second-order valence-corrected chi connectivity index (χ2v) is 42.2. The van der Waals surface area contributed by atoms with Gasteiger partial charge in [-0.15, -0.1) is 0 Å². The van der Waals surface area contributed by atoms with Crippen LogP contribution in [0.5, 0.6) is 0 Å². The van der Waals surface area contributed by atoms with E-state index in [1.807, 2.05) is 76.2 Å². The highest BCUT2D eigenvalue weighted by atomic mass is 16.7. The molecular weight excluding hydrogens is 1480 g/mol. The number of unbranched alkanes of at least 4 members (excludes halogenated alkanes) is 6. The first-order valence-corrected chi connectivity index (χ1v) is 43.8. The van der Waals surface area contributed by atoms with Crippen LogP contribution in [0.4, 0.5) is 0 Å². The summed E-state index contributed by atoms with van der Waals surface area (Å²) in [6.45, 7) is 49.8. The molecule has 660 valence electrons. The van der Waals surface area contributed by atoms with Gasteiger partial charge < -0.3 is 76.9 Å². The summed E-state index contributed by atoms with van der Waals surface area (Å²) in [5.74, 6) is -7.56. The van der Waals surface area contributed by atoms with Gasteiger partial charge in [0, 0.05) is 5.41 Å². The molecule has 12 unspecified atom stereocenters. The molecule has 24 atom stereocenters. The van der Waals surface area contributed by atoms with E-state index >= 15 is 28.8 Å². The van der Waals surface area contributed by atoms with Gasteiger partial charge in [-0.3, -0.25) is 38.4 Å². The maximum absolute atomic E-state index is 16.9. The van der Waals surface area contributed by atoms with Crippen molar-refractivity contribution < 1.29 is 115 Å². The highest BCUT2D eigenvalue weighted by molar-refractivity contribution is 5.89. The number of fused-ring (bicyclic) bond motifs is 5. The summed E-state index contributed by atoms with van der Waals surface area (Å²) in [5, 5.41) is 32.7. The first-order chi connectivity index (χ1) is 53.1. The zero-order valence-electron chi connectivity index (χ0n) is 75.5. The fraction of sp³-hybridized carbons (Fsp3) is 0.912. The van der Waals surface area contributed by atoms with Gasteiger partial charge in [-0.1, -0.05) is 163 Å². The molecule has 8 rings (SSSR count). The van der Waals surface area contributed by atoms with Crippen molar-refractivity contribution in [3.05, 3.63) is 0 Å². The largest absolute Gasteiger partial charge is 0.481 e. The average molecular weight is 1630 g/mol. The minimum atomic E-state index is -2.09. The third-order valence-corrected chi connectivity index (χ3v) is 32.2. The summed E-state index contributed by atoms with van der Waals surface area (Å²) >= 11 is 0. The maximum atomic E-state index is 16.9. The molecule has 2 saturated carbocycles. The van der Waals surface area contributed by atoms with Crippen molar-refractivity contribution in [2.24, 2.45) is 88.1 Å². The molecular formula is C91H152O24. The summed E-state index contributed by atoms with van der Waals surface area (Å²) in [4.78, 5) is 124. The van der Waals surface area contributed by atoms with Gasteiger partial charge in [0.1, 0.15) is 54.9 Å². The Balaban J connectivity index is 1.16. The minimum Gasteiger partial charge on any atom is -0.481 e. The smallest absolute Gasteiger partial charge is 0.313 e. The molecule has 6 heterocycles. The molecule has 0 amide bonds. The lowest BCUT2D eigenvalue weighted by atomic mass is 9.45. The van der Waals surface area contributed by atoms with E-state index in [-0.39, 0.29) is 101 Å². The van der Waals surface area contributed by atoms with E-state index in [1.165, 1.54) is 0 Å². The number of ether oxygens (including phenoxy) is 13. The zero-order valence-corrected chi connectivity index (χ0v) is 75.5. The Bertz CT molecular complexity index is 3410. The van der Waals surface area contributed by atoms with Crippen molar-refractivity contribution >= 4 is 47.8 Å². The first kappa shape index (κ1) is 95.9. The van der Waals surface area contributed by atoms with E-state index in [0.29, 0.717) is 18.8 Å². The molecule has 3 N–H and O–H groups in total. The molecule has 6 aliphatic heterocycles. The number of hydrogen-bond acceptors (Lipinski definition) is 23. The lowest BCUT2D eigenvalue weighted by Gasteiger charge is -2.57. The Hall–Kier alpha value is -4.56. The molecule has 2 bridgehead atoms. The van der Waals surface area contributed by atoms with E-state index in [1.54, 1.807) is 76.2 Å². The van der Waals surface area contributed by atoms with Crippen molar-refractivity contribution in [2.45, 2.75) is 400 Å². The molecule has 8 aliphatic rings. The average Bonchev–Trinajstić information content (AvgIpc) is 0.923. The molecule has 0 aromatic rings. The summed E-state index contributed by atoms with van der Waals surface area (Å²) < 4.78 is 83.1. The van der Waals surface area contributed by atoms with Crippen LogP contribution in [0.25, 0.3) is 0 Å². The van der Waals surface area contributed by atoms with Crippen LogP contribution in [0.3, 0.4) is 0 Å². The normalized spacial score (nSPS) is 31.7. The third kappa shape index (κ3) is 18.3. The maximum Gasteiger partial charge on any atom is 0.313 e. The number of rotatable bonds is 42. The number of carboxylic acids is 1. The number of carbonyl (C=O) groups is 8. The fourth-order valence-electron chi connectivity index (χ4n) is 21.9. The van der Waals surface area contributed by atoms with E-state index < -0.39 is 199 Å². The lowest BCUT2D eigenvalue weighted by Crippen LogP contribution is -2.63. The van der Waals surface area contributed by atoms with Crippen LogP contribution < -0.4 is 0 Å². The quantitative estimate of drug-likeness (QED) is 0.0290. The molecule has 24 nitrogen and oxygen atoms in total. The summed E-state index contributed by atoms with van der Waals surface area (Å²) in [5.41, 5.74) is -16.6. The van der Waals surface area contributed by atoms with Gasteiger partial charge in [0.2, 0.25) is 0 Å². The van der Waals surface area contributed by atoms with Crippen LogP contribution in [0.15, 0.2) is 0 Å². The van der Waals surface area contributed by atoms with Crippen LogP contribution in [0, 0.1) is 88.1 Å². The predicted octanol–water partition coefficient (Wildman–Crippen LogP) is 15.2. The molecule has 24 heteroatoms.